The normalized spacial score (nSPS) is 10.8. The Labute approximate surface area is 150 Å². The van der Waals surface area contributed by atoms with Gasteiger partial charge in [-0.25, -0.2) is 19.2 Å². The molecule has 1 aromatic rings. The summed E-state index contributed by atoms with van der Waals surface area (Å²) in [5.74, 6) is -3.41. The van der Waals surface area contributed by atoms with Crippen molar-refractivity contribution in [2.75, 3.05) is 25.6 Å². The van der Waals surface area contributed by atoms with Crippen LogP contribution in [0.15, 0.2) is 9.21 Å². The van der Waals surface area contributed by atoms with Gasteiger partial charge in [-0.15, -0.1) is 0 Å². The van der Waals surface area contributed by atoms with Crippen molar-refractivity contribution in [1.82, 2.24) is 0 Å². The molecule has 1 heterocycles. The minimum atomic E-state index is -1.14. The molecule has 0 unspecified atom stereocenters. The lowest BCUT2D eigenvalue weighted by Gasteiger charge is -2.23. The van der Waals surface area contributed by atoms with Gasteiger partial charge in [0.25, 0.3) is 0 Å². The van der Waals surface area contributed by atoms with Crippen LogP contribution in [0.2, 0.25) is 0 Å². The average molecular weight is 369 g/mol. The van der Waals surface area contributed by atoms with Crippen molar-refractivity contribution in [2.45, 2.75) is 40.2 Å². The molecule has 0 saturated heterocycles. The number of carbonyl (C=O) groups is 3. The van der Waals surface area contributed by atoms with E-state index in [1.165, 1.54) is 0 Å². The maximum atomic E-state index is 12.5. The molecule has 0 radical (unpaired) electrons. The number of anilines is 1. The molecule has 0 atom stereocenters. The topological polar surface area (TPSA) is 121 Å². The monoisotopic (exact) mass is 369 g/mol. The zero-order valence-electron chi connectivity index (χ0n) is 15.7. The summed E-state index contributed by atoms with van der Waals surface area (Å²) in [6, 6.07) is 0. The van der Waals surface area contributed by atoms with Crippen molar-refractivity contribution in [3.05, 3.63) is 27.1 Å². The van der Waals surface area contributed by atoms with Gasteiger partial charge in [0.2, 0.25) is 5.88 Å². The Kier molecular flexibility index (Phi) is 6.93. The molecule has 0 aliphatic rings. The van der Waals surface area contributed by atoms with E-state index in [4.69, 9.17) is 13.9 Å². The van der Waals surface area contributed by atoms with Crippen LogP contribution in [0.3, 0.4) is 0 Å². The van der Waals surface area contributed by atoms with Gasteiger partial charge in [0, 0.05) is 5.54 Å². The van der Waals surface area contributed by atoms with Gasteiger partial charge in [0.05, 0.1) is 20.3 Å². The van der Waals surface area contributed by atoms with E-state index in [0.717, 1.165) is 7.11 Å². The highest BCUT2D eigenvalue weighted by molar-refractivity contribution is 6.12. The van der Waals surface area contributed by atoms with E-state index in [0.29, 0.717) is 0 Å². The molecule has 0 saturated carbocycles. The van der Waals surface area contributed by atoms with Crippen LogP contribution in [0, 0.1) is 0 Å². The van der Waals surface area contributed by atoms with Crippen LogP contribution in [0.25, 0.3) is 0 Å². The molecule has 0 aromatic carbocycles. The van der Waals surface area contributed by atoms with Crippen LogP contribution in [-0.4, -0.2) is 43.8 Å². The first-order valence-corrected chi connectivity index (χ1v) is 7.99. The zero-order valence-corrected chi connectivity index (χ0v) is 15.7. The first kappa shape index (κ1) is 21.2. The fourth-order valence-electron chi connectivity index (χ4n) is 2.06. The molecular weight excluding hydrogens is 346 g/mol. The van der Waals surface area contributed by atoms with Gasteiger partial charge in [0.15, 0.2) is 5.56 Å². The smallest absolute Gasteiger partial charge is 0.353 e. The number of ether oxygens (including phenoxy) is 3. The number of hydrogen-bond donors (Lipinski definition) is 1. The second-order valence-electron chi connectivity index (χ2n) is 6.15. The Morgan fingerprint density at radius 2 is 1.42 bits per heavy atom. The summed E-state index contributed by atoms with van der Waals surface area (Å²) in [6.45, 7) is 8.33. The van der Waals surface area contributed by atoms with Crippen molar-refractivity contribution in [3.8, 4) is 0 Å². The minimum Gasteiger partial charge on any atom is -0.465 e. The van der Waals surface area contributed by atoms with Crippen molar-refractivity contribution in [1.29, 1.82) is 0 Å². The summed E-state index contributed by atoms with van der Waals surface area (Å²) in [6.07, 6.45) is 0. The third-order valence-corrected chi connectivity index (χ3v) is 2.96. The summed E-state index contributed by atoms with van der Waals surface area (Å²) in [4.78, 5) is 49.3. The molecule has 0 aliphatic carbocycles. The molecular formula is C17H23NO8. The van der Waals surface area contributed by atoms with Gasteiger partial charge in [-0.05, 0) is 34.6 Å². The SMILES string of the molecule is CCOC(=O)c1c(NC(C)(C)C)oc(=O)c(C(=O)OC)c1C(=O)OCC. The van der Waals surface area contributed by atoms with Crippen LogP contribution in [-0.2, 0) is 14.2 Å². The molecule has 1 rings (SSSR count). The molecule has 0 bridgehead atoms. The van der Waals surface area contributed by atoms with E-state index < -0.39 is 45.8 Å². The Morgan fingerprint density at radius 1 is 0.923 bits per heavy atom. The molecule has 0 spiro atoms. The van der Waals surface area contributed by atoms with E-state index >= 15 is 0 Å². The van der Waals surface area contributed by atoms with Crippen molar-refractivity contribution in [3.63, 3.8) is 0 Å². The molecule has 0 fully saturated rings. The van der Waals surface area contributed by atoms with Crippen LogP contribution in [0.4, 0.5) is 5.88 Å². The first-order valence-electron chi connectivity index (χ1n) is 7.99. The second kappa shape index (κ2) is 8.50. The molecule has 9 nitrogen and oxygen atoms in total. The standard InChI is InChI=1S/C17H23NO8/c1-7-24-14(20)9-10(15(21)25-8-2)12(18-17(3,4)5)26-16(22)11(9)13(19)23-6/h18H,7-8H2,1-6H3. The van der Waals surface area contributed by atoms with Gasteiger partial charge in [-0.3, -0.25) is 0 Å². The number of carbonyl (C=O) groups excluding carboxylic acids is 3. The van der Waals surface area contributed by atoms with Gasteiger partial charge in [-0.2, -0.15) is 0 Å². The lowest BCUT2D eigenvalue weighted by atomic mass is 10.0. The van der Waals surface area contributed by atoms with E-state index in [9.17, 15) is 19.2 Å². The molecule has 26 heavy (non-hydrogen) atoms. The number of rotatable bonds is 6. The van der Waals surface area contributed by atoms with Crippen molar-refractivity contribution >= 4 is 23.8 Å². The molecule has 0 amide bonds. The van der Waals surface area contributed by atoms with Crippen LogP contribution < -0.4 is 10.9 Å². The number of nitrogens with one attached hydrogen (secondary N) is 1. The lowest BCUT2D eigenvalue weighted by Crippen LogP contribution is -2.32. The minimum absolute atomic E-state index is 0.00272. The highest BCUT2D eigenvalue weighted by Crippen LogP contribution is 2.26. The predicted molar refractivity (Wildman–Crippen MR) is 91.6 cm³/mol. The largest absolute Gasteiger partial charge is 0.465 e. The lowest BCUT2D eigenvalue weighted by molar-refractivity contribution is 0.0465. The predicted octanol–water partition coefficient (Wildman–Crippen LogP) is 1.99. The van der Waals surface area contributed by atoms with E-state index in [1.807, 2.05) is 0 Å². The van der Waals surface area contributed by atoms with Gasteiger partial charge < -0.3 is 23.9 Å². The summed E-state index contributed by atoms with van der Waals surface area (Å²) >= 11 is 0. The molecule has 9 heteroatoms. The first-order chi connectivity index (χ1) is 12.1. The average Bonchev–Trinajstić information content (AvgIpc) is 2.52. The van der Waals surface area contributed by atoms with Gasteiger partial charge in [-0.1, -0.05) is 0 Å². The summed E-state index contributed by atoms with van der Waals surface area (Å²) in [7, 11) is 1.03. The number of methoxy groups -OCH3 is 1. The Hall–Kier alpha value is -2.84. The highest BCUT2D eigenvalue weighted by atomic mass is 16.5. The maximum absolute atomic E-state index is 12.5. The maximum Gasteiger partial charge on any atom is 0.353 e. The zero-order chi connectivity index (χ0) is 20.1. The van der Waals surface area contributed by atoms with E-state index in [-0.39, 0.29) is 19.1 Å². The molecule has 144 valence electrons. The van der Waals surface area contributed by atoms with Crippen LogP contribution >= 0.6 is 0 Å². The molecule has 1 N–H and O–H groups in total. The van der Waals surface area contributed by atoms with Gasteiger partial charge >= 0.3 is 23.5 Å². The number of esters is 3. The Balaban J connectivity index is 3.90. The molecule has 0 aliphatic heterocycles. The third-order valence-electron chi connectivity index (χ3n) is 2.96. The second-order valence-corrected chi connectivity index (χ2v) is 6.15. The van der Waals surface area contributed by atoms with Gasteiger partial charge in [0.1, 0.15) is 11.1 Å². The Morgan fingerprint density at radius 3 is 1.85 bits per heavy atom. The molecule has 1 aromatic heterocycles. The van der Waals surface area contributed by atoms with Crippen LogP contribution in [0.1, 0.15) is 65.7 Å². The van der Waals surface area contributed by atoms with Crippen molar-refractivity contribution < 1.29 is 33.0 Å². The summed E-state index contributed by atoms with van der Waals surface area (Å²) in [5, 5.41) is 2.82. The third kappa shape index (κ3) is 4.84. The highest BCUT2D eigenvalue weighted by Gasteiger charge is 2.35. The van der Waals surface area contributed by atoms with Crippen LogP contribution in [0.5, 0.6) is 0 Å². The fourth-order valence-corrected chi connectivity index (χ4v) is 2.06. The summed E-state index contributed by atoms with van der Waals surface area (Å²) in [5.41, 5.74) is -3.45. The van der Waals surface area contributed by atoms with E-state index in [1.54, 1.807) is 34.6 Å². The quantitative estimate of drug-likeness (QED) is 0.592. The number of hydrogen-bond acceptors (Lipinski definition) is 9. The summed E-state index contributed by atoms with van der Waals surface area (Å²) < 4.78 is 19.5. The Bertz CT molecular complexity index is 757. The van der Waals surface area contributed by atoms with Crippen molar-refractivity contribution in [2.24, 2.45) is 0 Å². The van der Waals surface area contributed by atoms with E-state index in [2.05, 4.69) is 10.1 Å². The fraction of sp³-hybridized carbons (Fsp3) is 0.529.